The molecule has 7 heteroatoms. The van der Waals surface area contributed by atoms with E-state index < -0.39 is 0 Å². The van der Waals surface area contributed by atoms with Crippen molar-refractivity contribution in [3.63, 3.8) is 0 Å². The Balaban J connectivity index is 1.30. The number of benzene rings is 1. The van der Waals surface area contributed by atoms with Crippen LogP contribution in [0.15, 0.2) is 88.4 Å². The molecule has 1 aliphatic rings. The van der Waals surface area contributed by atoms with E-state index in [-0.39, 0.29) is 5.78 Å². The second-order valence-corrected chi connectivity index (χ2v) is 8.47. The molecule has 0 saturated heterocycles. The number of nitrogens with zero attached hydrogens (tertiary/aromatic N) is 3. The van der Waals surface area contributed by atoms with Gasteiger partial charge in [0.15, 0.2) is 10.9 Å². The van der Waals surface area contributed by atoms with Gasteiger partial charge in [0.25, 0.3) is 0 Å². The molecule has 3 heterocycles. The fourth-order valence-corrected chi connectivity index (χ4v) is 4.51. The zero-order chi connectivity index (χ0) is 19.2. The predicted molar refractivity (Wildman–Crippen MR) is 115 cm³/mol. The topological polar surface area (TPSA) is 58.1 Å². The van der Waals surface area contributed by atoms with Crippen LogP contribution in [0.25, 0.3) is 0 Å². The quantitative estimate of drug-likeness (QED) is 0.559. The number of Topliss-reactive ketones (excluding diaryl/α,β-unsaturated/α-hetero) is 1. The SMILES string of the molecule is O=C(CN1C=CC(Sc2cnc(Nc3ccccn3)s2)=CC1)c1ccccc1. The van der Waals surface area contributed by atoms with E-state index in [1.807, 2.05) is 71.9 Å². The molecule has 0 amide bonds. The molecule has 4 rings (SSSR count). The molecule has 5 nitrogen and oxygen atoms in total. The highest BCUT2D eigenvalue weighted by Crippen LogP contribution is 2.35. The number of carbonyl (C=O) groups excluding carboxylic acids is 1. The number of rotatable bonds is 7. The molecular weight excluding hydrogens is 388 g/mol. The van der Waals surface area contributed by atoms with Gasteiger partial charge in [-0.1, -0.05) is 65.6 Å². The van der Waals surface area contributed by atoms with Crippen LogP contribution < -0.4 is 5.32 Å². The average Bonchev–Trinajstić information content (AvgIpc) is 3.17. The summed E-state index contributed by atoms with van der Waals surface area (Å²) in [6.45, 7) is 1.10. The fourth-order valence-electron chi connectivity index (χ4n) is 2.63. The van der Waals surface area contributed by atoms with Crippen molar-refractivity contribution in [1.29, 1.82) is 0 Å². The molecular formula is C21H18N4OS2. The van der Waals surface area contributed by atoms with E-state index in [0.29, 0.717) is 6.54 Å². The molecule has 1 N–H and O–H groups in total. The summed E-state index contributed by atoms with van der Waals surface area (Å²) in [7, 11) is 0. The number of allylic oxidation sites excluding steroid dienone is 1. The maximum Gasteiger partial charge on any atom is 0.189 e. The molecule has 0 aliphatic carbocycles. The molecule has 0 spiro atoms. The summed E-state index contributed by atoms with van der Waals surface area (Å²) < 4.78 is 1.10. The van der Waals surface area contributed by atoms with Gasteiger partial charge >= 0.3 is 0 Å². The molecule has 3 aromatic rings. The van der Waals surface area contributed by atoms with Crippen molar-refractivity contribution in [1.82, 2.24) is 14.9 Å². The molecule has 140 valence electrons. The standard InChI is InChI=1S/C21H18N4OS2/c26-18(16-6-2-1-3-7-16)15-25-12-9-17(10-13-25)27-20-14-23-21(28-20)24-19-8-4-5-11-22-19/h1-12,14H,13,15H2,(H,22,23,24). The Hall–Kier alpha value is -2.90. The first-order valence-electron chi connectivity index (χ1n) is 8.79. The van der Waals surface area contributed by atoms with Gasteiger partial charge in [-0.3, -0.25) is 4.79 Å². The number of hydrogen-bond donors (Lipinski definition) is 1. The van der Waals surface area contributed by atoms with E-state index in [1.54, 1.807) is 29.3 Å². The van der Waals surface area contributed by atoms with Gasteiger partial charge in [0, 0.05) is 29.4 Å². The lowest BCUT2D eigenvalue weighted by molar-refractivity contribution is 0.0959. The highest BCUT2D eigenvalue weighted by atomic mass is 32.2. The highest BCUT2D eigenvalue weighted by molar-refractivity contribution is 8.05. The van der Waals surface area contributed by atoms with Crippen molar-refractivity contribution in [3.05, 3.63) is 89.7 Å². The van der Waals surface area contributed by atoms with Gasteiger partial charge in [-0.25, -0.2) is 9.97 Å². The lowest BCUT2D eigenvalue weighted by Gasteiger charge is -2.21. The number of ketones is 1. The van der Waals surface area contributed by atoms with Crippen molar-refractivity contribution in [3.8, 4) is 0 Å². The molecule has 1 aromatic carbocycles. The Bertz CT molecular complexity index is 1000. The van der Waals surface area contributed by atoms with Gasteiger partial charge in [-0.15, -0.1) is 0 Å². The Morgan fingerprint density at radius 3 is 2.75 bits per heavy atom. The number of anilines is 2. The third-order valence-corrected chi connectivity index (χ3v) is 6.07. The number of thioether (sulfide) groups is 1. The van der Waals surface area contributed by atoms with Crippen molar-refractivity contribution < 1.29 is 4.79 Å². The molecule has 0 radical (unpaired) electrons. The van der Waals surface area contributed by atoms with Crippen LogP contribution in [0.2, 0.25) is 0 Å². The summed E-state index contributed by atoms with van der Waals surface area (Å²) in [5, 5.41) is 4.02. The molecule has 0 atom stereocenters. The number of carbonyl (C=O) groups is 1. The predicted octanol–water partition coefficient (Wildman–Crippen LogP) is 4.97. The van der Waals surface area contributed by atoms with Crippen molar-refractivity contribution in [2.45, 2.75) is 4.21 Å². The monoisotopic (exact) mass is 406 g/mol. The zero-order valence-corrected chi connectivity index (χ0v) is 16.6. The second-order valence-electron chi connectivity index (χ2n) is 6.07. The third kappa shape index (κ3) is 4.88. The zero-order valence-electron chi connectivity index (χ0n) is 15.0. The number of thiazole rings is 1. The van der Waals surface area contributed by atoms with E-state index in [1.165, 1.54) is 0 Å². The molecule has 0 saturated carbocycles. The Morgan fingerprint density at radius 2 is 2.00 bits per heavy atom. The van der Waals surface area contributed by atoms with E-state index in [0.717, 1.165) is 32.2 Å². The van der Waals surface area contributed by atoms with Gasteiger partial charge in [0.05, 0.1) is 17.0 Å². The van der Waals surface area contributed by atoms with Gasteiger partial charge in [-0.2, -0.15) is 0 Å². The Labute approximate surface area is 171 Å². The minimum atomic E-state index is 0.127. The van der Waals surface area contributed by atoms with Gasteiger partial charge in [-0.05, 0) is 18.2 Å². The molecule has 1 aliphatic heterocycles. The van der Waals surface area contributed by atoms with Crippen LogP contribution in [0.3, 0.4) is 0 Å². The summed E-state index contributed by atoms with van der Waals surface area (Å²) in [6, 6.07) is 15.1. The van der Waals surface area contributed by atoms with E-state index in [2.05, 4.69) is 21.4 Å². The fraction of sp³-hybridized carbons (Fsp3) is 0.0952. The number of aromatic nitrogens is 2. The molecule has 0 fully saturated rings. The normalized spacial score (nSPS) is 13.3. The molecule has 28 heavy (non-hydrogen) atoms. The first-order valence-corrected chi connectivity index (χ1v) is 10.4. The summed E-state index contributed by atoms with van der Waals surface area (Å²) in [5.74, 6) is 0.909. The summed E-state index contributed by atoms with van der Waals surface area (Å²) >= 11 is 3.26. The van der Waals surface area contributed by atoms with Crippen molar-refractivity contribution >= 4 is 39.8 Å². The molecule has 2 aromatic heterocycles. The number of nitrogens with one attached hydrogen (secondary N) is 1. The lowest BCUT2D eigenvalue weighted by Crippen LogP contribution is -2.26. The van der Waals surface area contributed by atoms with Crippen LogP contribution in [0.1, 0.15) is 10.4 Å². The van der Waals surface area contributed by atoms with Crippen LogP contribution in [-0.4, -0.2) is 33.7 Å². The van der Waals surface area contributed by atoms with Crippen LogP contribution >= 0.6 is 23.1 Å². The first-order chi connectivity index (χ1) is 13.8. The largest absolute Gasteiger partial charge is 0.366 e. The summed E-state index contributed by atoms with van der Waals surface area (Å²) in [4.78, 5) is 24.1. The smallest absolute Gasteiger partial charge is 0.189 e. The van der Waals surface area contributed by atoms with Crippen LogP contribution in [0.5, 0.6) is 0 Å². The molecule has 0 unspecified atom stereocenters. The van der Waals surface area contributed by atoms with E-state index in [4.69, 9.17) is 0 Å². The number of hydrogen-bond acceptors (Lipinski definition) is 7. The van der Waals surface area contributed by atoms with E-state index in [9.17, 15) is 4.79 Å². The van der Waals surface area contributed by atoms with E-state index >= 15 is 0 Å². The Morgan fingerprint density at radius 1 is 1.14 bits per heavy atom. The maximum absolute atomic E-state index is 12.3. The van der Waals surface area contributed by atoms with Gasteiger partial charge in [0.2, 0.25) is 0 Å². The molecule has 0 bridgehead atoms. The van der Waals surface area contributed by atoms with Crippen molar-refractivity contribution in [2.24, 2.45) is 0 Å². The minimum Gasteiger partial charge on any atom is -0.366 e. The average molecular weight is 407 g/mol. The van der Waals surface area contributed by atoms with Crippen LogP contribution in [0.4, 0.5) is 10.9 Å². The number of pyridine rings is 1. The van der Waals surface area contributed by atoms with Gasteiger partial charge in [0.1, 0.15) is 5.82 Å². The van der Waals surface area contributed by atoms with Crippen LogP contribution in [0, 0.1) is 0 Å². The minimum absolute atomic E-state index is 0.127. The second kappa shape index (κ2) is 8.86. The lowest BCUT2D eigenvalue weighted by atomic mass is 10.1. The van der Waals surface area contributed by atoms with Crippen molar-refractivity contribution in [2.75, 3.05) is 18.4 Å². The Kier molecular flexibility index (Phi) is 5.84. The first kappa shape index (κ1) is 18.5. The summed E-state index contributed by atoms with van der Waals surface area (Å²) in [5.41, 5.74) is 0.748. The van der Waals surface area contributed by atoms with Gasteiger partial charge < -0.3 is 10.2 Å². The third-order valence-electron chi connectivity index (χ3n) is 4.02. The highest BCUT2D eigenvalue weighted by Gasteiger charge is 2.13. The maximum atomic E-state index is 12.3. The van der Waals surface area contributed by atoms with Crippen LogP contribution in [-0.2, 0) is 0 Å². The summed E-state index contributed by atoms with van der Waals surface area (Å²) in [6.07, 6.45) is 9.77.